The number of nitrogens with one attached hydrogen (secondary N) is 5. The van der Waals surface area contributed by atoms with E-state index >= 15 is 0 Å². The minimum atomic E-state index is -1.28. The number of amides is 4. The highest BCUT2D eigenvalue weighted by atomic mass is 127. The fraction of sp³-hybridized carbons (Fsp3) is 0.515. The molecule has 0 radical (unpaired) electrons. The fourth-order valence-corrected chi connectivity index (χ4v) is 12.4. The summed E-state index contributed by atoms with van der Waals surface area (Å²) in [7, 11) is 2.12. The zero-order chi connectivity index (χ0) is 62.5. The van der Waals surface area contributed by atoms with Crippen molar-refractivity contribution in [1.29, 1.82) is 0 Å². The van der Waals surface area contributed by atoms with E-state index in [1.807, 2.05) is 148 Å². The molecule has 3 aromatic heterocycles. The van der Waals surface area contributed by atoms with Crippen molar-refractivity contribution in [1.82, 2.24) is 50.9 Å². The van der Waals surface area contributed by atoms with Gasteiger partial charge >= 0.3 is 0 Å². The molecule has 4 atom stereocenters. The molecule has 3 aromatic carbocycles. The van der Waals surface area contributed by atoms with Gasteiger partial charge in [0.25, 0.3) is 5.91 Å². The number of aromatic amines is 1. The maximum Gasteiger partial charge on any atom is 0.251 e. The molecule has 22 heteroatoms. The number of hydrogen-bond donors (Lipinski definition) is 6. The van der Waals surface area contributed by atoms with Gasteiger partial charge in [-0.25, -0.2) is 4.98 Å². The van der Waals surface area contributed by atoms with Crippen molar-refractivity contribution in [3.8, 4) is 27.6 Å². The Morgan fingerprint density at radius 1 is 0.807 bits per heavy atom. The number of piperidine rings is 1. The van der Waals surface area contributed by atoms with Crippen molar-refractivity contribution in [2.45, 2.75) is 139 Å². The number of thiazole rings is 1. The summed E-state index contributed by atoms with van der Waals surface area (Å²) in [6.45, 7) is 15.4. The second-order valence-corrected chi connectivity index (χ2v) is 27.0. The van der Waals surface area contributed by atoms with E-state index in [-0.39, 0.29) is 55.6 Å². The number of H-pyrrole nitrogens is 1. The zero-order valence-electron chi connectivity index (χ0n) is 51.8. The number of alkyl halides is 1. The molecule has 88 heavy (non-hydrogen) atoms. The van der Waals surface area contributed by atoms with Crippen LogP contribution in [0, 0.1) is 12.3 Å². The smallest absolute Gasteiger partial charge is 0.251 e. The van der Waals surface area contributed by atoms with E-state index in [9.17, 15) is 24.3 Å². The first-order valence-corrected chi connectivity index (χ1v) is 32.8. The summed E-state index contributed by atoms with van der Waals surface area (Å²) in [5.74, 6) is 1.12. The van der Waals surface area contributed by atoms with Gasteiger partial charge in [0.1, 0.15) is 21.4 Å². The van der Waals surface area contributed by atoms with Crippen LogP contribution >= 0.6 is 33.9 Å². The number of pyridine rings is 1. The van der Waals surface area contributed by atoms with Gasteiger partial charge in [0.05, 0.1) is 67.2 Å². The van der Waals surface area contributed by atoms with Crippen LogP contribution < -0.4 is 26.0 Å². The topological polar surface area (TPSA) is 247 Å². The Bertz CT molecular complexity index is 3150. The van der Waals surface area contributed by atoms with E-state index in [2.05, 4.69) is 58.4 Å². The monoisotopic (exact) mass is 1340 g/mol. The third kappa shape index (κ3) is 20.0. The van der Waals surface area contributed by atoms with Crippen molar-refractivity contribution in [2.75, 3.05) is 78.2 Å². The number of anilines is 1. The summed E-state index contributed by atoms with van der Waals surface area (Å²) < 4.78 is 22.0. The highest BCUT2D eigenvalue weighted by molar-refractivity contribution is 14.1. The van der Waals surface area contributed by atoms with Crippen LogP contribution in [-0.2, 0) is 40.7 Å². The van der Waals surface area contributed by atoms with E-state index in [0.717, 1.165) is 115 Å². The highest BCUT2D eigenvalue weighted by Gasteiger charge is 2.49. The summed E-state index contributed by atoms with van der Waals surface area (Å²) in [5, 5.41) is 33.0. The van der Waals surface area contributed by atoms with E-state index in [0.29, 0.717) is 64.1 Å². The number of unbranched alkanes of at least 4 members (excludes halogenated alkanes) is 5. The number of rotatable bonds is 33. The number of nitrogens with zero attached hydrogens (tertiary/aromatic N) is 6. The minimum Gasteiger partial charge on any atom is -0.494 e. The number of likely N-dealkylation sites (tertiary alicyclic amines) is 2. The van der Waals surface area contributed by atoms with Crippen LogP contribution in [0.5, 0.6) is 5.75 Å². The summed E-state index contributed by atoms with van der Waals surface area (Å²) in [5.41, 5.74) is 6.93. The second-order valence-electron chi connectivity index (χ2n) is 24.2. The third-order valence-corrected chi connectivity index (χ3v) is 17.8. The zero-order valence-corrected chi connectivity index (χ0v) is 54.8. The van der Waals surface area contributed by atoms with Crippen molar-refractivity contribution in [3.63, 3.8) is 0 Å². The second kappa shape index (κ2) is 32.9. The molecule has 6 aromatic rings. The Balaban J connectivity index is 0.621. The predicted molar refractivity (Wildman–Crippen MR) is 350 cm³/mol. The van der Waals surface area contributed by atoms with E-state index in [1.54, 1.807) is 23.7 Å². The van der Waals surface area contributed by atoms with E-state index in [4.69, 9.17) is 18.9 Å². The van der Waals surface area contributed by atoms with Crippen LogP contribution in [0.25, 0.3) is 21.8 Å². The van der Waals surface area contributed by atoms with E-state index < -0.39 is 26.6 Å². The molecule has 0 saturated carbocycles. The molecule has 5 heterocycles. The quantitative estimate of drug-likeness (QED) is 0.0127. The van der Waals surface area contributed by atoms with Gasteiger partial charge in [0, 0.05) is 74.9 Å². The average molecular weight is 1340 g/mol. The summed E-state index contributed by atoms with van der Waals surface area (Å²) in [6, 6.07) is 25.3. The Hall–Kier alpha value is -6.41. The van der Waals surface area contributed by atoms with E-state index in [1.165, 1.54) is 4.90 Å². The van der Waals surface area contributed by atoms with Gasteiger partial charge in [-0.2, -0.15) is 0 Å². The van der Waals surface area contributed by atoms with Crippen LogP contribution in [0.1, 0.15) is 137 Å². The molecule has 6 N–H and O–H groups in total. The lowest BCUT2D eigenvalue weighted by molar-refractivity contribution is -0.144. The average Bonchev–Trinajstić information content (AvgIpc) is 1.84. The molecule has 0 aliphatic carbocycles. The van der Waals surface area contributed by atoms with Crippen LogP contribution in [0.3, 0.4) is 0 Å². The van der Waals surface area contributed by atoms with Crippen LogP contribution in [0.4, 0.5) is 5.69 Å². The van der Waals surface area contributed by atoms with Gasteiger partial charge in [-0.3, -0.25) is 24.2 Å². The predicted octanol–water partition coefficient (Wildman–Crippen LogP) is 9.94. The Labute approximate surface area is 535 Å². The standard InChI is InChI=1S/C66H88IN11O9S/c1-46(71-60(80)52-15-14-16-53(41-52)74-65(28-32-77(6)33-29-65)63-73-59(75-76-63)51-26-30-68-31-27-51)49-22-24-54(25-23-49)87-36-13-8-7-11-34-84-37-39-86-40-38-85-35-12-9-10-17-56(79)72-58(64(3,4)5)62(82)78-44-66(67,83)42-55(78)61(81)69-43-48-18-20-50(21-19-48)57-47(2)70-45-88-57/h14-16,18-27,30-31,41,45-46,55,58,74,83H,7-13,17,28-29,32-40,42-44H2,1-6H3,(H,69,81)(H,71,80)(H,72,79)(H,73,75,76)/t46-,55?,58-,66+/m1/s1. The van der Waals surface area contributed by atoms with Crippen molar-refractivity contribution in [3.05, 3.63) is 131 Å². The molecule has 2 aliphatic rings. The lowest BCUT2D eigenvalue weighted by atomic mass is 9.85. The number of aryl methyl sites for hydroxylation is 1. The molecule has 2 saturated heterocycles. The Morgan fingerprint density at radius 2 is 1.47 bits per heavy atom. The summed E-state index contributed by atoms with van der Waals surface area (Å²) in [4.78, 5) is 71.3. The lowest BCUT2D eigenvalue weighted by Gasteiger charge is -2.40. The van der Waals surface area contributed by atoms with Gasteiger partial charge in [0.15, 0.2) is 11.6 Å². The van der Waals surface area contributed by atoms with Crippen molar-refractivity contribution in [2.24, 2.45) is 5.41 Å². The molecule has 0 spiro atoms. The number of ether oxygens (including phenoxy) is 4. The van der Waals surface area contributed by atoms with Gasteiger partial charge in [-0.1, -0.05) is 76.1 Å². The summed E-state index contributed by atoms with van der Waals surface area (Å²) in [6.07, 6.45) is 11.6. The Morgan fingerprint density at radius 3 is 2.12 bits per heavy atom. The SMILES string of the molecule is Cc1ncsc1-c1ccc(CNC(=O)C2C[C@@](O)(I)CN2C(=O)[C@@H](NC(=O)CCCCCOCCOCCOCCCCCCOc2ccc([C@@H](C)NC(=O)c3cccc(NC4(c5nnc(-c6ccncc6)[nH]5)CCN(C)CC4)c3)cc2)C(C)(C)C)cc1. The summed E-state index contributed by atoms with van der Waals surface area (Å²) >= 11 is 3.48. The minimum absolute atomic E-state index is 0.0261. The van der Waals surface area contributed by atoms with Crippen molar-refractivity contribution < 1.29 is 43.2 Å². The highest BCUT2D eigenvalue weighted by Crippen LogP contribution is 2.37. The number of carbonyl (C=O) groups excluding carboxylic acids is 4. The largest absolute Gasteiger partial charge is 0.494 e. The first-order chi connectivity index (χ1) is 42.4. The van der Waals surface area contributed by atoms with Gasteiger partial charge in [-0.05, 0) is 153 Å². The van der Waals surface area contributed by atoms with Crippen molar-refractivity contribution >= 4 is 63.2 Å². The number of carbonyl (C=O) groups is 4. The molecule has 8 rings (SSSR count). The molecule has 0 bridgehead atoms. The van der Waals surface area contributed by atoms with Crippen LogP contribution in [-0.4, -0.2) is 152 Å². The number of aliphatic hydroxyl groups is 1. The number of β-amino-alcohol motifs (C(OH)–C–C–N with tert-alkyl or cyclic N) is 1. The normalized spacial score (nSPS) is 17.5. The van der Waals surface area contributed by atoms with Crippen LogP contribution in [0.2, 0.25) is 0 Å². The Kier molecular flexibility index (Phi) is 25.2. The molecule has 4 amide bonds. The maximum absolute atomic E-state index is 14.1. The third-order valence-electron chi connectivity index (χ3n) is 16.1. The first kappa shape index (κ1) is 67.5. The molecule has 2 aliphatic heterocycles. The number of halogens is 1. The fourth-order valence-electron chi connectivity index (χ4n) is 10.8. The molecule has 474 valence electrons. The number of aromatic nitrogens is 5. The number of hydrogen-bond acceptors (Lipinski definition) is 16. The van der Waals surface area contributed by atoms with Gasteiger partial charge < -0.3 is 60.1 Å². The molecule has 20 nitrogen and oxygen atoms in total. The first-order valence-electron chi connectivity index (χ1n) is 30.8. The van der Waals surface area contributed by atoms with Gasteiger partial charge in [0.2, 0.25) is 17.7 Å². The molecular weight excluding hydrogens is 1250 g/mol. The van der Waals surface area contributed by atoms with Crippen LogP contribution in [0.15, 0.2) is 103 Å². The number of benzene rings is 3. The van der Waals surface area contributed by atoms with Gasteiger partial charge in [-0.15, -0.1) is 21.5 Å². The molecule has 2 fully saturated rings. The maximum atomic E-state index is 14.1. The lowest BCUT2D eigenvalue weighted by Crippen LogP contribution is -2.57. The molecule has 1 unspecified atom stereocenters. The molecular formula is C66H88IN11O9S.